The van der Waals surface area contributed by atoms with Gasteiger partial charge in [0, 0.05) is 61.2 Å². The number of thiazole rings is 1. The van der Waals surface area contributed by atoms with Crippen LogP contribution < -0.4 is 10.6 Å². The first kappa shape index (κ1) is 33.0. The summed E-state index contributed by atoms with van der Waals surface area (Å²) in [5, 5.41) is 7.40. The largest absolute Gasteiger partial charge is 0.355 e. The molecular weight excluding hydrogens is 595 g/mol. The van der Waals surface area contributed by atoms with Gasteiger partial charge in [0.05, 0.1) is 29.7 Å². The molecule has 1 atom stereocenters. The van der Waals surface area contributed by atoms with Crippen LogP contribution in [0.2, 0.25) is 0 Å². The lowest BCUT2D eigenvalue weighted by Crippen LogP contribution is -2.52. The number of benzene rings is 1. The van der Waals surface area contributed by atoms with E-state index in [1.54, 1.807) is 21.1 Å². The molecule has 1 aromatic carbocycles. The molecule has 1 aromatic heterocycles. The summed E-state index contributed by atoms with van der Waals surface area (Å²) in [6.07, 6.45) is 4.12. The number of aromatic nitrogens is 1. The Balaban J connectivity index is 1.32. The number of piperidine rings is 2. The first-order chi connectivity index (χ1) is 21.6. The maximum atomic E-state index is 13.9. The molecule has 244 valence electrons. The van der Waals surface area contributed by atoms with Crippen LogP contribution in [0.3, 0.4) is 0 Å². The van der Waals surface area contributed by atoms with E-state index in [9.17, 15) is 23.6 Å². The SMILES string of the molecule is Cc1sc2nc1CC(=O)N(C1CCN(C(=O)c3ccc(F)cc3)CC1)CC(=O)NCCC[C@H](NC(C)C)C(=O)N1CCC2CC1. The second kappa shape index (κ2) is 14.8. The van der Waals surface area contributed by atoms with Crippen LogP contribution in [0, 0.1) is 12.7 Å². The fourth-order valence-electron chi connectivity index (χ4n) is 6.60. The van der Waals surface area contributed by atoms with Gasteiger partial charge in [0.2, 0.25) is 17.7 Å². The summed E-state index contributed by atoms with van der Waals surface area (Å²) in [6, 6.07) is 5.16. The Kier molecular flexibility index (Phi) is 10.9. The van der Waals surface area contributed by atoms with Gasteiger partial charge in [-0.1, -0.05) is 13.8 Å². The molecule has 10 nitrogen and oxygen atoms in total. The molecule has 0 radical (unpaired) electrons. The topological polar surface area (TPSA) is 115 Å². The lowest BCUT2D eigenvalue weighted by atomic mass is 9.96. The summed E-state index contributed by atoms with van der Waals surface area (Å²) in [7, 11) is 0. The zero-order valence-electron chi connectivity index (χ0n) is 26.5. The van der Waals surface area contributed by atoms with Crippen molar-refractivity contribution in [2.75, 3.05) is 39.3 Å². The molecule has 2 aromatic rings. The number of amides is 4. The van der Waals surface area contributed by atoms with Crippen LogP contribution in [0.25, 0.3) is 0 Å². The van der Waals surface area contributed by atoms with Crippen LogP contribution in [0.15, 0.2) is 24.3 Å². The molecule has 0 unspecified atom stereocenters. The second-order valence-electron chi connectivity index (χ2n) is 12.7. The number of likely N-dealkylation sites (tertiary alicyclic amines) is 1. The van der Waals surface area contributed by atoms with Gasteiger partial charge in [-0.2, -0.15) is 0 Å². The van der Waals surface area contributed by atoms with Crippen molar-refractivity contribution >= 4 is 35.0 Å². The zero-order valence-corrected chi connectivity index (χ0v) is 27.3. The minimum atomic E-state index is -0.394. The number of nitrogens with one attached hydrogen (secondary N) is 2. The molecule has 2 saturated heterocycles. The molecule has 2 fully saturated rings. The third-order valence-corrected chi connectivity index (χ3v) is 10.3. The van der Waals surface area contributed by atoms with Gasteiger partial charge in [-0.25, -0.2) is 9.37 Å². The van der Waals surface area contributed by atoms with Gasteiger partial charge >= 0.3 is 0 Å². The minimum absolute atomic E-state index is 0.0749. The molecular formula is C33H45FN6O4S. The fraction of sp³-hybridized carbons (Fsp3) is 0.606. The molecule has 2 N–H and O–H groups in total. The summed E-state index contributed by atoms with van der Waals surface area (Å²) < 4.78 is 13.4. The number of aryl methyl sites for hydroxylation is 1. The Morgan fingerprint density at radius 2 is 1.71 bits per heavy atom. The minimum Gasteiger partial charge on any atom is -0.355 e. The van der Waals surface area contributed by atoms with Crippen LogP contribution >= 0.6 is 11.3 Å². The second-order valence-corrected chi connectivity index (χ2v) is 14.0. The number of fused-ring (bicyclic) bond motifs is 12. The highest BCUT2D eigenvalue weighted by Gasteiger charge is 2.34. The Morgan fingerprint density at radius 3 is 2.38 bits per heavy atom. The fourth-order valence-corrected chi connectivity index (χ4v) is 7.71. The number of nitrogens with zero attached hydrogens (tertiary/aromatic N) is 4. The van der Waals surface area contributed by atoms with Gasteiger partial charge in [-0.3, -0.25) is 19.2 Å². The quantitative estimate of drug-likeness (QED) is 0.531. The molecule has 0 aliphatic carbocycles. The number of carbonyl (C=O) groups is 4. The van der Waals surface area contributed by atoms with Crippen LogP contribution in [-0.2, 0) is 20.8 Å². The summed E-state index contributed by atoms with van der Waals surface area (Å²) in [5.74, 6) is -0.580. The van der Waals surface area contributed by atoms with Crippen molar-refractivity contribution in [1.82, 2.24) is 30.3 Å². The standard InChI is InChI=1S/C33H45FN6O4S/c1-21(2)36-27-5-4-14-35-29(41)20-40(26-12-17-38(18-13-26)32(43)24-6-8-25(34)9-7-24)30(42)19-28-22(3)45-31(37-28)23-10-15-39(16-11-23)33(27)44/h6-9,21,23,26-27,36H,4-5,10-20H2,1-3H3,(H,35,41)/t27-/m0/s1. The molecule has 0 spiro atoms. The highest BCUT2D eigenvalue weighted by Crippen LogP contribution is 2.33. The maximum Gasteiger partial charge on any atom is 0.253 e. The van der Waals surface area contributed by atoms with Crippen LogP contribution in [0.5, 0.6) is 0 Å². The molecule has 5 heterocycles. The molecule has 4 bridgehead atoms. The van der Waals surface area contributed by atoms with Gasteiger partial charge in [0.25, 0.3) is 5.91 Å². The Morgan fingerprint density at radius 1 is 1.02 bits per heavy atom. The van der Waals surface area contributed by atoms with Crippen molar-refractivity contribution in [3.8, 4) is 0 Å². The van der Waals surface area contributed by atoms with Crippen molar-refractivity contribution in [1.29, 1.82) is 0 Å². The highest BCUT2D eigenvalue weighted by molar-refractivity contribution is 7.11. The van der Waals surface area contributed by atoms with E-state index in [-0.39, 0.29) is 60.6 Å². The molecule has 0 saturated carbocycles. The average molecular weight is 641 g/mol. The van der Waals surface area contributed by atoms with E-state index in [0.717, 1.165) is 28.4 Å². The smallest absolute Gasteiger partial charge is 0.253 e. The maximum absolute atomic E-state index is 13.9. The van der Waals surface area contributed by atoms with E-state index in [1.165, 1.54) is 24.3 Å². The van der Waals surface area contributed by atoms with Crippen LogP contribution in [0.4, 0.5) is 4.39 Å². The third-order valence-electron chi connectivity index (χ3n) is 9.13. The lowest BCUT2D eigenvalue weighted by Gasteiger charge is -2.38. The summed E-state index contributed by atoms with van der Waals surface area (Å²) in [5.41, 5.74) is 1.17. The molecule has 6 rings (SSSR count). The summed E-state index contributed by atoms with van der Waals surface area (Å²) in [4.78, 5) is 64.8. The highest BCUT2D eigenvalue weighted by atomic mass is 32.1. The summed E-state index contributed by atoms with van der Waals surface area (Å²) >= 11 is 1.63. The molecule has 4 amide bonds. The first-order valence-electron chi connectivity index (χ1n) is 16.2. The predicted molar refractivity (Wildman–Crippen MR) is 170 cm³/mol. The van der Waals surface area contributed by atoms with Gasteiger partial charge in [-0.15, -0.1) is 11.3 Å². The Labute approximate surface area is 268 Å². The van der Waals surface area contributed by atoms with E-state index in [2.05, 4.69) is 10.6 Å². The van der Waals surface area contributed by atoms with Gasteiger partial charge in [0.1, 0.15) is 5.82 Å². The van der Waals surface area contributed by atoms with E-state index in [4.69, 9.17) is 4.98 Å². The first-order valence-corrected chi connectivity index (χ1v) is 17.0. The molecule has 4 aliphatic heterocycles. The van der Waals surface area contributed by atoms with Crippen molar-refractivity contribution in [3.63, 3.8) is 0 Å². The van der Waals surface area contributed by atoms with E-state index >= 15 is 0 Å². The number of halogens is 1. The predicted octanol–water partition coefficient (Wildman–Crippen LogP) is 3.25. The van der Waals surface area contributed by atoms with Gasteiger partial charge < -0.3 is 25.3 Å². The summed E-state index contributed by atoms with van der Waals surface area (Å²) in [6.45, 7) is 8.61. The average Bonchev–Trinajstić information content (AvgIpc) is 3.40. The Hall–Kier alpha value is -3.38. The lowest BCUT2D eigenvalue weighted by molar-refractivity contribution is -0.138. The van der Waals surface area contributed by atoms with E-state index in [0.29, 0.717) is 64.0 Å². The molecule has 12 heteroatoms. The van der Waals surface area contributed by atoms with Crippen molar-refractivity contribution in [2.45, 2.75) is 89.8 Å². The van der Waals surface area contributed by atoms with Crippen LogP contribution in [-0.4, -0.2) is 101 Å². The zero-order chi connectivity index (χ0) is 32.1. The van der Waals surface area contributed by atoms with E-state index < -0.39 is 5.82 Å². The number of rotatable bonds is 4. The number of carbonyl (C=O) groups excluding carboxylic acids is 4. The third kappa shape index (κ3) is 8.26. The number of hydrogen-bond acceptors (Lipinski definition) is 7. The Bertz CT molecular complexity index is 1370. The van der Waals surface area contributed by atoms with Gasteiger partial charge in [0.15, 0.2) is 0 Å². The van der Waals surface area contributed by atoms with E-state index in [1.807, 2.05) is 25.7 Å². The number of hydrogen-bond donors (Lipinski definition) is 2. The normalized spacial score (nSPS) is 22.9. The molecule has 4 aliphatic rings. The van der Waals surface area contributed by atoms with Crippen molar-refractivity contribution in [2.24, 2.45) is 0 Å². The van der Waals surface area contributed by atoms with Crippen molar-refractivity contribution in [3.05, 3.63) is 51.2 Å². The van der Waals surface area contributed by atoms with Crippen LogP contribution in [0.1, 0.15) is 84.2 Å². The molecule has 45 heavy (non-hydrogen) atoms. The van der Waals surface area contributed by atoms with Gasteiger partial charge in [-0.05, 0) is 69.7 Å². The monoisotopic (exact) mass is 640 g/mol. The van der Waals surface area contributed by atoms with Crippen molar-refractivity contribution < 1.29 is 23.6 Å².